The molecule has 1 fully saturated rings. The molecule has 3 nitrogen and oxygen atoms in total. The molecular weight excluding hydrogens is 268 g/mol. The maximum absolute atomic E-state index is 12.5. The standard InChI is InChI=1S/C16H22N2OS/c1-2-13-7-10-20-14(13)11-18-15(19)16(12-17)8-5-3-4-6-9-16/h7,10H,2-6,8-9,11H2,1H3,(H,18,19). The number of aryl methyl sites for hydroxylation is 1. The second kappa shape index (κ2) is 6.90. The number of rotatable bonds is 4. The van der Waals surface area contributed by atoms with Crippen LogP contribution >= 0.6 is 11.3 Å². The van der Waals surface area contributed by atoms with Gasteiger partial charge in [-0.15, -0.1) is 11.3 Å². The van der Waals surface area contributed by atoms with Crippen LogP contribution in [-0.4, -0.2) is 5.91 Å². The number of thiophene rings is 1. The highest BCUT2D eigenvalue weighted by molar-refractivity contribution is 7.10. The normalized spacial score (nSPS) is 18.0. The number of amides is 1. The van der Waals surface area contributed by atoms with Crippen molar-refractivity contribution in [3.8, 4) is 6.07 Å². The molecule has 108 valence electrons. The zero-order valence-electron chi connectivity index (χ0n) is 12.1. The summed E-state index contributed by atoms with van der Waals surface area (Å²) in [6, 6.07) is 4.42. The summed E-state index contributed by atoms with van der Waals surface area (Å²) in [5, 5.41) is 14.5. The largest absolute Gasteiger partial charge is 0.350 e. The van der Waals surface area contributed by atoms with Crippen LogP contribution < -0.4 is 5.32 Å². The van der Waals surface area contributed by atoms with Gasteiger partial charge in [-0.05, 0) is 36.3 Å². The minimum absolute atomic E-state index is 0.0719. The fourth-order valence-electron chi connectivity index (χ4n) is 2.89. The topological polar surface area (TPSA) is 52.9 Å². The molecule has 0 atom stereocenters. The van der Waals surface area contributed by atoms with Crippen molar-refractivity contribution in [3.63, 3.8) is 0 Å². The maximum Gasteiger partial charge on any atom is 0.240 e. The van der Waals surface area contributed by atoms with E-state index in [1.54, 1.807) is 11.3 Å². The average Bonchev–Trinajstić information content (AvgIpc) is 2.79. The zero-order chi connectivity index (χ0) is 14.4. The van der Waals surface area contributed by atoms with Crippen LogP contribution in [0.4, 0.5) is 0 Å². The molecule has 0 bridgehead atoms. The highest BCUT2D eigenvalue weighted by Gasteiger charge is 2.38. The molecule has 1 aliphatic carbocycles. The number of hydrogen-bond donors (Lipinski definition) is 1. The summed E-state index contributed by atoms with van der Waals surface area (Å²) in [4.78, 5) is 13.7. The fourth-order valence-corrected chi connectivity index (χ4v) is 3.80. The van der Waals surface area contributed by atoms with Crippen molar-refractivity contribution in [3.05, 3.63) is 21.9 Å². The monoisotopic (exact) mass is 290 g/mol. The SMILES string of the molecule is CCc1ccsc1CNC(=O)C1(C#N)CCCCCC1. The van der Waals surface area contributed by atoms with Gasteiger partial charge in [0, 0.05) is 4.88 Å². The van der Waals surface area contributed by atoms with E-state index in [1.807, 2.05) is 0 Å². The molecule has 0 saturated heterocycles. The molecular formula is C16H22N2OS. The second-order valence-electron chi connectivity index (χ2n) is 5.51. The van der Waals surface area contributed by atoms with Gasteiger partial charge in [0.15, 0.2) is 0 Å². The van der Waals surface area contributed by atoms with Gasteiger partial charge in [-0.3, -0.25) is 4.79 Å². The minimum Gasteiger partial charge on any atom is -0.350 e. The Bertz CT molecular complexity index is 493. The Morgan fingerprint density at radius 2 is 2.10 bits per heavy atom. The molecule has 1 aromatic rings. The first-order valence-electron chi connectivity index (χ1n) is 7.46. The van der Waals surface area contributed by atoms with Crippen molar-refractivity contribution in [1.82, 2.24) is 5.32 Å². The zero-order valence-corrected chi connectivity index (χ0v) is 12.9. The number of hydrogen-bond acceptors (Lipinski definition) is 3. The molecule has 1 N–H and O–H groups in total. The van der Waals surface area contributed by atoms with Crippen molar-refractivity contribution in [2.75, 3.05) is 0 Å². The lowest BCUT2D eigenvalue weighted by Crippen LogP contribution is -2.39. The number of nitrogens with one attached hydrogen (secondary N) is 1. The van der Waals surface area contributed by atoms with E-state index in [-0.39, 0.29) is 5.91 Å². The van der Waals surface area contributed by atoms with Crippen LogP contribution in [0, 0.1) is 16.7 Å². The van der Waals surface area contributed by atoms with Crippen molar-refractivity contribution in [2.45, 2.75) is 58.4 Å². The van der Waals surface area contributed by atoms with Crippen molar-refractivity contribution < 1.29 is 4.79 Å². The Balaban J connectivity index is 2.01. The van der Waals surface area contributed by atoms with E-state index in [4.69, 9.17) is 0 Å². The molecule has 0 spiro atoms. The Morgan fingerprint density at radius 3 is 2.70 bits per heavy atom. The molecule has 0 aliphatic heterocycles. The van der Waals surface area contributed by atoms with Gasteiger partial charge in [0.25, 0.3) is 0 Å². The van der Waals surface area contributed by atoms with Gasteiger partial charge in [-0.1, -0.05) is 32.6 Å². The molecule has 1 heterocycles. The van der Waals surface area contributed by atoms with Gasteiger partial charge in [0.1, 0.15) is 5.41 Å². The van der Waals surface area contributed by atoms with Gasteiger partial charge in [0.05, 0.1) is 12.6 Å². The molecule has 0 aromatic carbocycles. The van der Waals surface area contributed by atoms with E-state index >= 15 is 0 Å². The Morgan fingerprint density at radius 1 is 1.40 bits per heavy atom. The summed E-state index contributed by atoms with van der Waals surface area (Å²) >= 11 is 1.68. The third kappa shape index (κ3) is 3.21. The molecule has 0 unspecified atom stereocenters. The maximum atomic E-state index is 12.5. The molecule has 1 saturated carbocycles. The van der Waals surface area contributed by atoms with Gasteiger partial charge in [-0.2, -0.15) is 5.26 Å². The summed E-state index contributed by atoms with van der Waals surface area (Å²) in [5.41, 5.74) is 0.502. The van der Waals surface area contributed by atoms with Crippen molar-refractivity contribution in [2.24, 2.45) is 5.41 Å². The predicted octanol–water partition coefficient (Wildman–Crippen LogP) is 3.79. The molecule has 1 amide bonds. The average molecular weight is 290 g/mol. The molecule has 20 heavy (non-hydrogen) atoms. The summed E-state index contributed by atoms with van der Waals surface area (Å²) in [6.45, 7) is 2.68. The van der Waals surface area contributed by atoms with Crippen LogP contribution in [0.2, 0.25) is 0 Å². The van der Waals surface area contributed by atoms with Gasteiger partial charge in [0.2, 0.25) is 5.91 Å². The summed E-state index contributed by atoms with van der Waals surface area (Å²) in [6.07, 6.45) is 6.66. The van der Waals surface area contributed by atoms with Crippen molar-refractivity contribution >= 4 is 17.2 Å². The summed E-state index contributed by atoms with van der Waals surface area (Å²) in [7, 11) is 0. The van der Waals surface area contributed by atoms with Crippen LogP contribution in [0.15, 0.2) is 11.4 Å². The highest BCUT2D eigenvalue weighted by Crippen LogP contribution is 2.34. The van der Waals surface area contributed by atoms with E-state index in [0.717, 1.165) is 32.1 Å². The Labute approximate surface area is 125 Å². The van der Waals surface area contributed by atoms with E-state index < -0.39 is 5.41 Å². The van der Waals surface area contributed by atoms with Gasteiger partial charge < -0.3 is 5.32 Å². The van der Waals surface area contributed by atoms with Gasteiger partial charge in [-0.25, -0.2) is 0 Å². The summed E-state index contributed by atoms with van der Waals surface area (Å²) < 4.78 is 0. The van der Waals surface area contributed by atoms with Crippen LogP contribution in [0.3, 0.4) is 0 Å². The number of nitriles is 1. The first-order valence-corrected chi connectivity index (χ1v) is 8.34. The highest BCUT2D eigenvalue weighted by atomic mass is 32.1. The lowest BCUT2D eigenvalue weighted by molar-refractivity contribution is -0.128. The molecule has 1 aliphatic rings. The summed E-state index contributed by atoms with van der Waals surface area (Å²) in [5.74, 6) is -0.0719. The molecule has 2 rings (SSSR count). The molecule has 4 heteroatoms. The molecule has 1 aromatic heterocycles. The van der Waals surface area contributed by atoms with Crippen LogP contribution in [0.5, 0.6) is 0 Å². The smallest absolute Gasteiger partial charge is 0.240 e. The lowest BCUT2D eigenvalue weighted by atomic mass is 9.81. The Hall–Kier alpha value is -1.34. The second-order valence-corrected chi connectivity index (χ2v) is 6.51. The lowest BCUT2D eigenvalue weighted by Gasteiger charge is -2.23. The number of nitrogens with zero attached hydrogens (tertiary/aromatic N) is 1. The Kier molecular flexibility index (Phi) is 5.19. The van der Waals surface area contributed by atoms with Crippen LogP contribution in [0.1, 0.15) is 55.9 Å². The minimum atomic E-state index is -0.792. The van der Waals surface area contributed by atoms with Crippen molar-refractivity contribution in [1.29, 1.82) is 5.26 Å². The molecule has 0 radical (unpaired) electrons. The van der Waals surface area contributed by atoms with Crippen LogP contribution in [0.25, 0.3) is 0 Å². The van der Waals surface area contributed by atoms with Crippen LogP contribution in [-0.2, 0) is 17.8 Å². The predicted molar refractivity (Wildman–Crippen MR) is 81.3 cm³/mol. The quantitative estimate of drug-likeness (QED) is 0.858. The third-order valence-corrected chi connectivity index (χ3v) is 5.20. The first-order chi connectivity index (χ1) is 9.72. The van der Waals surface area contributed by atoms with Gasteiger partial charge >= 0.3 is 0 Å². The third-order valence-electron chi connectivity index (χ3n) is 4.23. The number of carbonyl (C=O) groups excluding carboxylic acids is 1. The van der Waals surface area contributed by atoms with E-state index in [1.165, 1.54) is 10.4 Å². The van der Waals surface area contributed by atoms with E-state index in [9.17, 15) is 10.1 Å². The fraction of sp³-hybridized carbons (Fsp3) is 0.625. The van der Waals surface area contributed by atoms with E-state index in [0.29, 0.717) is 19.4 Å². The number of carbonyl (C=O) groups is 1. The van der Waals surface area contributed by atoms with E-state index in [2.05, 4.69) is 29.8 Å². The first kappa shape index (κ1) is 15.1.